The first-order chi connectivity index (χ1) is 5.15. The summed E-state index contributed by atoms with van der Waals surface area (Å²) < 4.78 is 13.3. The van der Waals surface area contributed by atoms with Gasteiger partial charge < -0.3 is 0 Å². The molecule has 0 amide bonds. The van der Waals surface area contributed by atoms with Crippen LogP contribution in [0.2, 0.25) is 0 Å². The Balaban J connectivity index is 3.21. The summed E-state index contributed by atoms with van der Waals surface area (Å²) in [4.78, 5) is 0. The van der Waals surface area contributed by atoms with Crippen molar-refractivity contribution >= 4 is 27.5 Å². The first-order valence-electron chi connectivity index (χ1n) is 3.15. The molecule has 0 radical (unpaired) electrons. The highest BCUT2D eigenvalue weighted by molar-refractivity contribution is 9.10. The molecule has 11 heavy (non-hydrogen) atoms. The molecule has 0 aliphatic heterocycles. The molecule has 0 aromatic heterocycles. The Hall–Kier alpha value is -0.0800. The maximum atomic E-state index is 12.8. The lowest BCUT2D eigenvalue weighted by Gasteiger charge is -2.02. The summed E-state index contributed by atoms with van der Waals surface area (Å²) in [6, 6.07) is 3.18. The van der Waals surface area contributed by atoms with Crippen LogP contribution in [-0.2, 0) is 5.88 Å². The number of benzene rings is 1. The molecule has 3 heteroatoms. The normalized spacial score (nSPS) is 10.2. The van der Waals surface area contributed by atoms with E-state index in [0.29, 0.717) is 10.4 Å². The van der Waals surface area contributed by atoms with Gasteiger partial charge in [-0.3, -0.25) is 0 Å². The average molecular weight is 237 g/mol. The first kappa shape index (κ1) is 9.01. The van der Waals surface area contributed by atoms with E-state index in [2.05, 4.69) is 15.9 Å². The summed E-state index contributed by atoms with van der Waals surface area (Å²) in [6.07, 6.45) is 0. The van der Waals surface area contributed by atoms with Gasteiger partial charge in [0.1, 0.15) is 5.82 Å². The van der Waals surface area contributed by atoms with Gasteiger partial charge in [0.15, 0.2) is 0 Å². The summed E-state index contributed by atoms with van der Waals surface area (Å²) in [5, 5.41) is 0. The maximum Gasteiger partial charge on any atom is 0.137 e. The van der Waals surface area contributed by atoms with Crippen LogP contribution in [0.4, 0.5) is 4.39 Å². The van der Waals surface area contributed by atoms with E-state index < -0.39 is 0 Å². The van der Waals surface area contributed by atoms with E-state index in [0.717, 1.165) is 11.1 Å². The Morgan fingerprint density at radius 2 is 2.18 bits per heavy atom. The quantitative estimate of drug-likeness (QED) is 0.654. The van der Waals surface area contributed by atoms with Crippen molar-refractivity contribution in [2.24, 2.45) is 0 Å². The third kappa shape index (κ3) is 1.94. The van der Waals surface area contributed by atoms with Crippen LogP contribution in [0.5, 0.6) is 0 Å². The smallest absolute Gasteiger partial charge is 0.137 e. The van der Waals surface area contributed by atoms with E-state index >= 15 is 0 Å². The van der Waals surface area contributed by atoms with E-state index in [-0.39, 0.29) is 5.82 Å². The van der Waals surface area contributed by atoms with Crippen LogP contribution in [0.1, 0.15) is 11.1 Å². The summed E-state index contributed by atoms with van der Waals surface area (Å²) in [5.74, 6) is 0.0991. The molecule has 0 aliphatic carbocycles. The Morgan fingerprint density at radius 3 is 2.73 bits per heavy atom. The van der Waals surface area contributed by atoms with Crippen LogP contribution >= 0.6 is 27.5 Å². The summed E-state index contributed by atoms with van der Waals surface area (Å²) in [6.45, 7) is 1.90. The van der Waals surface area contributed by atoms with Gasteiger partial charge in [0.05, 0.1) is 4.47 Å². The van der Waals surface area contributed by atoms with Gasteiger partial charge in [0, 0.05) is 5.88 Å². The Kier molecular flexibility index (Phi) is 2.90. The average Bonchev–Trinajstić information content (AvgIpc) is 1.97. The molecule has 0 saturated carbocycles. The second-order valence-electron chi connectivity index (χ2n) is 2.33. The van der Waals surface area contributed by atoms with Gasteiger partial charge in [0.25, 0.3) is 0 Å². The molecule has 1 rings (SSSR count). The maximum absolute atomic E-state index is 12.8. The Labute approximate surface area is 78.5 Å². The third-order valence-electron chi connectivity index (χ3n) is 1.52. The fourth-order valence-corrected chi connectivity index (χ4v) is 1.58. The van der Waals surface area contributed by atoms with Crippen molar-refractivity contribution in [1.29, 1.82) is 0 Å². The number of hydrogen-bond donors (Lipinski definition) is 0. The van der Waals surface area contributed by atoms with Gasteiger partial charge in [-0.05, 0) is 46.1 Å². The van der Waals surface area contributed by atoms with Crippen molar-refractivity contribution in [3.63, 3.8) is 0 Å². The predicted octanol–water partition coefficient (Wildman–Crippen LogP) is 3.64. The van der Waals surface area contributed by atoms with Crippen LogP contribution in [0.25, 0.3) is 0 Å². The second kappa shape index (κ2) is 3.55. The van der Waals surface area contributed by atoms with Crippen LogP contribution in [0.15, 0.2) is 16.6 Å². The molecule has 0 N–H and O–H groups in total. The van der Waals surface area contributed by atoms with Gasteiger partial charge in [-0.15, -0.1) is 11.6 Å². The number of halogens is 3. The molecule has 0 bridgehead atoms. The molecule has 0 fully saturated rings. The van der Waals surface area contributed by atoms with E-state index in [1.165, 1.54) is 6.07 Å². The van der Waals surface area contributed by atoms with Gasteiger partial charge in [-0.1, -0.05) is 0 Å². The molecule has 1 aromatic rings. The number of rotatable bonds is 1. The fourth-order valence-electron chi connectivity index (χ4n) is 0.831. The largest absolute Gasteiger partial charge is 0.206 e. The summed E-state index contributed by atoms with van der Waals surface area (Å²) in [5.41, 5.74) is 1.85. The summed E-state index contributed by atoms with van der Waals surface area (Å²) in [7, 11) is 0. The van der Waals surface area contributed by atoms with Crippen molar-refractivity contribution < 1.29 is 4.39 Å². The molecular weight excluding hydrogens is 230 g/mol. The van der Waals surface area contributed by atoms with Gasteiger partial charge in [-0.2, -0.15) is 0 Å². The minimum atomic E-state index is -0.258. The lowest BCUT2D eigenvalue weighted by Crippen LogP contribution is -1.87. The molecule has 0 atom stereocenters. The zero-order valence-corrected chi connectivity index (χ0v) is 8.34. The third-order valence-corrected chi connectivity index (χ3v) is 2.42. The lowest BCUT2D eigenvalue weighted by atomic mass is 10.1. The molecule has 0 heterocycles. The van der Waals surface area contributed by atoms with E-state index in [9.17, 15) is 4.39 Å². The molecule has 1 aromatic carbocycles. The van der Waals surface area contributed by atoms with Crippen LogP contribution in [0, 0.1) is 12.7 Å². The molecular formula is C8H7BrClF. The molecule has 0 aliphatic rings. The van der Waals surface area contributed by atoms with Crippen molar-refractivity contribution in [2.45, 2.75) is 12.8 Å². The number of aryl methyl sites for hydroxylation is 1. The summed E-state index contributed by atoms with van der Waals surface area (Å²) >= 11 is 8.67. The van der Waals surface area contributed by atoms with Crippen LogP contribution < -0.4 is 0 Å². The standard InChI is InChI=1S/C8H7BrClF/c1-5-2-7(9)8(11)3-6(5)4-10/h2-3H,4H2,1H3. The highest BCUT2D eigenvalue weighted by Gasteiger charge is 2.03. The van der Waals surface area contributed by atoms with Crippen molar-refractivity contribution in [3.05, 3.63) is 33.5 Å². The molecule has 0 saturated heterocycles. The van der Waals surface area contributed by atoms with E-state index in [4.69, 9.17) is 11.6 Å². The number of alkyl halides is 1. The van der Waals surface area contributed by atoms with Crippen LogP contribution in [0.3, 0.4) is 0 Å². The van der Waals surface area contributed by atoms with Crippen LogP contribution in [-0.4, -0.2) is 0 Å². The minimum absolute atomic E-state index is 0.258. The van der Waals surface area contributed by atoms with E-state index in [1.807, 2.05) is 6.92 Å². The molecule has 0 unspecified atom stereocenters. The van der Waals surface area contributed by atoms with Gasteiger partial charge in [0.2, 0.25) is 0 Å². The van der Waals surface area contributed by atoms with Crippen molar-refractivity contribution in [1.82, 2.24) is 0 Å². The zero-order chi connectivity index (χ0) is 8.43. The Morgan fingerprint density at radius 1 is 1.55 bits per heavy atom. The second-order valence-corrected chi connectivity index (χ2v) is 3.45. The van der Waals surface area contributed by atoms with Crippen molar-refractivity contribution in [3.8, 4) is 0 Å². The fraction of sp³-hybridized carbons (Fsp3) is 0.250. The molecule has 60 valence electrons. The molecule has 0 spiro atoms. The predicted molar refractivity (Wildman–Crippen MR) is 48.4 cm³/mol. The van der Waals surface area contributed by atoms with Crippen molar-refractivity contribution in [2.75, 3.05) is 0 Å². The van der Waals surface area contributed by atoms with E-state index in [1.54, 1.807) is 6.07 Å². The Bertz CT molecular complexity index is 273. The minimum Gasteiger partial charge on any atom is -0.206 e. The molecule has 0 nitrogen and oxygen atoms in total. The van der Waals surface area contributed by atoms with Gasteiger partial charge >= 0.3 is 0 Å². The van der Waals surface area contributed by atoms with Gasteiger partial charge in [-0.25, -0.2) is 4.39 Å². The number of hydrogen-bond acceptors (Lipinski definition) is 0. The lowest BCUT2D eigenvalue weighted by molar-refractivity contribution is 0.619. The topological polar surface area (TPSA) is 0 Å². The highest BCUT2D eigenvalue weighted by atomic mass is 79.9. The first-order valence-corrected chi connectivity index (χ1v) is 4.48. The zero-order valence-electron chi connectivity index (χ0n) is 6.00. The highest BCUT2D eigenvalue weighted by Crippen LogP contribution is 2.21. The SMILES string of the molecule is Cc1cc(Br)c(F)cc1CCl. The monoisotopic (exact) mass is 236 g/mol.